The van der Waals surface area contributed by atoms with Crippen molar-refractivity contribution >= 4 is 6.21 Å². The van der Waals surface area contributed by atoms with Gasteiger partial charge in [-0.25, -0.2) is 0 Å². The molecule has 1 aromatic heterocycles. The fourth-order valence-electron chi connectivity index (χ4n) is 1.41. The predicted molar refractivity (Wildman–Crippen MR) is 57.3 cm³/mol. The van der Waals surface area contributed by atoms with Crippen LogP contribution in [0, 0.1) is 0 Å². The van der Waals surface area contributed by atoms with Crippen molar-refractivity contribution in [1.82, 2.24) is 0 Å². The first kappa shape index (κ1) is 9.52. The Morgan fingerprint density at radius 3 is 2.67 bits per heavy atom. The molecule has 0 aliphatic rings. The molecule has 2 aromatic rings. The number of hydrogen-bond donors (Lipinski definition) is 1. The first-order valence-corrected chi connectivity index (χ1v) is 4.68. The van der Waals surface area contributed by atoms with Gasteiger partial charge in [-0.1, -0.05) is 35.5 Å². The smallest absolute Gasteiger partial charge is 0.148 e. The number of oxime groups is 1. The fourth-order valence-corrected chi connectivity index (χ4v) is 1.41. The summed E-state index contributed by atoms with van der Waals surface area (Å²) in [4.78, 5) is 0. The minimum atomic E-state index is 0.559. The normalized spacial score (nSPS) is 10.9. The predicted octanol–water partition coefficient (Wildman–Crippen LogP) is 2.68. The van der Waals surface area contributed by atoms with E-state index in [4.69, 9.17) is 9.62 Å². The molecule has 0 atom stereocenters. The maximum Gasteiger partial charge on any atom is 0.148 e. The number of rotatable bonds is 3. The second-order valence-electron chi connectivity index (χ2n) is 3.21. The molecule has 0 amide bonds. The third-order valence-corrected chi connectivity index (χ3v) is 2.09. The molecule has 0 spiro atoms. The molecule has 76 valence electrons. The van der Waals surface area contributed by atoms with Crippen LogP contribution in [-0.4, -0.2) is 11.4 Å². The van der Waals surface area contributed by atoms with E-state index in [9.17, 15) is 0 Å². The minimum Gasteiger partial charge on any atom is -0.460 e. The van der Waals surface area contributed by atoms with E-state index in [0.29, 0.717) is 5.76 Å². The van der Waals surface area contributed by atoms with Crippen LogP contribution in [0.4, 0.5) is 0 Å². The maximum atomic E-state index is 8.33. The van der Waals surface area contributed by atoms with Crippen molar-refractivity contribution in [3.05, 3.63) is 59.5 Å². The van der Waals surface area contributed by atoms with Gasteiger partial charge in [0.05, 0.1) is 0 Å². The molecule has 2 rings (SSSR count). The standard InChI is InChI=1S/C12H11NO2/c14-13-9-12-7-6-11(15-12)8-10-4-2-1-3-5-10/h1-7,9,14H,8H2/b13-9+. The van der Waals surface area contributed by atoms with Gasteiger partial charge in [-0.15, -0.1) is 0 Å². The lowest BCUT2D eigenvalue weighted by Gasteiger charge is -1.96. The van der Waals surface area contributed by atoms with Gasteiger partial charge in [0, 0.05) is 6.42 Å². The second kappa shape index (κ2) is 4.46. The monoisotopic (exact) mass is 201 g/mol. The Bertz CT molecular complexity index is 446. The Kier molecular flexibility index (Phi) is 2.83. The zero-order valence-corrected chi connectivity index (χ0v) is 8.13. The van der Waals surface area contributed by atoms with Crippen molar-refractivity contribution in [2.24, 2.45) is 5.16 Å². The van der Waals surface area contributed by atoms with E-state index in [1.807, 2.05) is 36.4 Å². The van der Waals surface area contributed by atoms with E-state index >= 15 is 0 Å². The Balaban J connectivity index is 2.11. The summed E-state index contributed by atoms with van der Waals surface area (Å²) in [6, 6.07) is 13.7. The first-order chi connectivity index (χ1) is 7.38. The second-order valence-corrected chi connectivity index (χ2v) is 3.21. The van der Waals surface area contributed by atoms with Crippen molar-refractivity contribution in [3.63, 3.8) is 0 Å². The average Bonchev–Trinajstić information content (AvgIpc) is 2.68. The maximum absolute atomic E-state index is 8.33. The van der Waals surface area contributed by atoms with Gasteiger partial charge in [-0.05, 0) is 17.7 Å². The number of benzene rings is 1. The Morgan fingerprint density at radius 1 is 1.13 bits per heavy atom. The van der Waals surface area contributed by atoms with Crippen molar-refractivity contribution in [2.45, 2.75) is 6.42 Å². The van der Waals surface area contributed by atoms with Gasteiger partial charge < -0.3 is 9.62 Å². The molecule has 0 fully saturated rings. The summed E-state index contributed by atoms with van der Waals surface area (Å²) in [5, 5.41) is 11.2. The lowest BCUT2D eigenvalue weighted by molar-refractivity contribution is 0.320. The molecule has 1 N–H and O–H groups in total. The van der Waals surface area contributed by atoms with Crippen LogP contribution in [0.5, 0.6) is 0 Å². The van der Waals surface area contributed by atoms with E-state index in [2.05, 4.69) is 5.16 Å². The number of furan rings is 1. The zero-order valence-electron chi connectivity index (χ0n) is 8.13. The van der Waals surface area contributed by atoms with Crippen LogP contribution in [-0.2, 0) is 6.42 Å². The zero-order chi connectivity index (χ0) is 10.5. The third kappa shape index (κ3) is 2.47. The van der Waals surface area contributed by atoms with Gasteiger partial charge in [0.2, 0.25) is 0 Å². The first-order valence-electron chi connectivity index (χ1n) is 4.68. The highest BCUT2D eigenvalue weighted by atomic mass is 16.4. The highest BCUT2D eigenvalue weighted by molar-refractivity contribution is 5.75. The molecule has 15 heavy (non-hydrogen) atoms. The molecule has 3 heteroatoms. The van der Waals surface area contributed by atoms with Gasteiger partial charge in [0.25, 0.3) is 0 Å². The van der Waals surface area contributed by atoms with Crippen LogP contribution in [0.3, 0.4) is 0 Å². The Morgan fingerprint density at radius 2 is 1.93 bits per heavy atom. The van der Waals surface area contributed by atoms with Crippen molar-refractivity contribution < 1.29 is 9.62 Å². The fraction of sp³-hybridized carbons (Fsp3) is 0.0833. The van der Waals surface area contributed by atoms with Gasteiger partial charge in [-0.2, -0.15) is 0 Å². The van der Waals surface area contributed by atoms with E-state index in [-0.39, 0.29) is 0 Å². The highest BCUT2D eigenvalue weighted by Crippen LogP contribution is 2.11. The van der Waals surface area contributed by atoms with Crippen molar-refractivity contribution in [1.29, 1.82) is 0 Å². The average molecular weight is 201 g/mol. The summed E-state index contributed by atoms with van der Waals surface area (Å²) in [5.74, 6) is 1.42. The summed E-state index contributed by atoms with van der Waals surface area (Å²) >= 11 is 0. The molecule has 3 nitrogen and oxygen atoms in total. The Hall–Kier alpha value is -2.03. The van der Waals surface area contributed by atoms with Crippen molar-refractivity contribution in [2.75, 3.05) is 0 Å². The van der Waals surface area contributed by atoms with Gasteiger partial charge in [0.1, 0.15) is 17.7 Å². The molecule has 0 unspecified atom stereocenters. The van der Waals surface area contributed by atoms with E-state index in [0.717, 1.165) is 12.2 Å². The topological polar surface area (TPSA) is 45.7 Å². The van der Waals surface area contributed by atoms with Crippen LogP contribution in [0.2, 0.25) is 0 Å². The van der Waals surface area contributed by atoms with Gasteiger partial charge in [-0.3, -0.25) is 0 Å². The number of hydrogen-bond acceptors (Lipinski definition) is 3. The lowest BCUT2D eigenvalue weighted by atomic mass is 10.1. The van der Waals surface area contributed by atoms with Crippen LogP contribution in [0.15, 0.2) is 52.0 Å². The van der Waals surface area contributed by atoms with Crippen molar-refractivity contribution in [3.8, 4) is 0 Å². The van der Waals surface area contributed by atoms with Crippen LogP contribution >= 0.6 is 0 Å². The van der Waals surface area contributed by atoms with E-state index < -0.39 is 0 Å². The van der Waals surface area contributed by atoms with Crippen LogP contribution < -0.4 is 0 Å². The summed E-state index contributed by atoms with van der Waals surface area (Å²) < 4.78 is 5.42. The quantitative estimate of drug-likeness (QED) is 0.471. The summed E-state index contributed by atoms with van der Waals surface area (Å²) in [6.07, 6.45) is 2.02. The molecule has 1 aromatic carbocycles. The lowest BCUT2D eigenvalue weighted by Crippen LogP contribution is -1.84. The molecule has 0 aliphatic heterocycles. The summed E-state index contributed by atoms with van der Waals surface area (Å²) in [6.45, 7) is 0. The van der Waals surface area contributed by atoms with Crippen LogP contribution in [0.25, 0.3) is 0 Å². The highest BCUT2D eigenvalue weighted by Gasteiger charge is 2.01. The molecular formula is C12H11NO2. The molecule has 0 saturated carbocycles. The van der Waals surface area contributed by atoms with Gasteiger partial charge >= 0.3 is 0 Å². The van der Waals surface area contributed by atoms with E-state index in [1.54, 1.807) is 6.07 Å². The molecule has 1 heterocycles. The Labute approximate surface area is 87.7 Å². The van der Waals surface area contributed by atoms with Crippen LogP contribution in [0.1, 0.15) is 17.1 Å². The largest absolute Gasteiger partial charge is 0.460 e. The summed E-state index contributed by atoms with van der Waals surface area (Å²) in [7, 11) is 0. The van der Waals surface area contributed by atoms with E-state index in [1.165, 1.54) is 11.8 Å². The number of nitrogens with zero attached hydrogens (tertiary/aromatic N) is 1. The minimum absolute atomic E-state index is 0.559. The molecular weight excluding hydrogens is 190 g/mol. The molecule has 0 radical (unpaired) electrons. The SMILES string of the molecule is O/N=C/c1ccc(Cc2ccccc2)o1. The van der Waals surface area contributed by atoms with Gasteiger partial charge in [0.15, 0.2) is 0 Å². The third-order valence-electron chi connectivity index (χ3n) is 2.09. The molecule has 0 bridgehead atoms. The molecule has 0 aliphatic carbocycles. The summed E-state index contributed by atoms with van der Waals surface area (Å²) in [5.41, 5.74) is 1.19. The molecule has 0 saturated heterocycles.